The number of fused-ring (bicyclic) bond motifs is 2. The summed E-state index contributed by atoms with van der Waals surface area (Å²) < 4.78 is 79.1. The normalized spacial score (nSPS) is 12.0. The molecule has 0 saturated carbocycles. The number of hydrogen-bond donors (Lipinski definition) is 8. The van der Waals surface area contributed by atoms with E-state index in [1.807, 2.05) is 0 Å². The standard InChI is InChI=1S/C34H28N10O14S2/c1-3-57-33(49)21-13-35-41-29(21)43-39-25-23(59(51,52)53)11-15-9-17(5-7-19(15)27(25)45)37-31(47)32(48)38-18-6-8-20-16(10-18)12-24(60(54,55)56)26(28(20)46)40-44-30-22(14-36-42-30)34(50)58-4-2/h5-14,45-46H,3-4H2,1-2H3,(H,35,41)(H,36,42)(H,37,47)(H,38,48)(H,51,52,53)(H,54,55,56). The van der Waals surface area contributed by atoms with Gasteiger partial charge in [0.2, 0.25) is 0 Å². The molecule has 0 fully saturated rings. The molecule has 0 aliphatic rings. The fourth-order valence-electron chi connectivity index (χ4n) is 5.45. The summed E-state index contributed by atoms with van der Waals surface area (Å²) in [6, 6.07) is 9.09. The highest BCUT2D eigenvalue weighted by Gasteiger charge is 2.26. The lowest BCUT2D eigenvalue weighted by Crippen LogP contribution is -2.29. The van der Waals surface area contributed by atoms with Gasteiger partial charge < -0.3 is 30.3 Å². The molecule has 2 aromatic heterocycles. The number of anilines is 2. The number of carbonyl (C=O) groups is 4. The van der Waals surface area contributed by atoms with E-state index in [2.05, 4.69) is 51.5 Å². The largest absolute Gasteiger partial charge is 0.505 e. The minimum atomic E-state index is -5.08. The second-order valence-electron chi connectivity index (χ2n) is 12.0. The van der Waals surface area contributed by atoms with Crippen LogP contribution in [0.3, 0.4) is 0 Å². The molecule has 0 aliphatic heterocycles. The van der Waals surface area contributed by atoms with Crippen molar-refractivity contribution in [1.82, 2.24) is 20.4 Å². The van der Waals surface area contributed by atoms with E-state index in [0.29, 0.717) is 0 Å². The zero-order valence-electron chi connectivity index (χ0n) is 30.6. The molecule has 6 aromatic rings. The number of benzene rings is 4. The summed E-state index contributed by atoms with van der Waals surface area (Å²) in [5.74, 6) is -6.18. The van der Waals surface area contributed by atoms with Gasteiger partial charge in [0, 0.05) is 22.1 Å². The lowest BCUT2D eigenvalue weighted by molar-refractivity contribution is -0.132. The third kappa shape index (κ3) is 8.74. The second kappa shape index (κ2) is 16.7. The van der Waals surface area contributed by atoms with Gasteiger partial charge in [0.1, 0.15) is 32.3 Å². The summed E-state index contributed by atoms with van der Waals surface area (Å²) in [6.45, 7) is 3.18. The van der Waals surface area contributed by atoms with Gasteiger partial charge >= 0.3 is 23.8 Å². The Morgan fingerprint density at radius 3 is 1.37 bits per heavy atom. The van der Waals surface area contributed by atoms with Crippen LogP contribution in [0.2, 0.25) is 0 Å². The summed E-state index contributed by atoms with van der Waals surface area (Å²) in [6.07, 6.45) is 2.17. The Morgan fingerprint density at radius 1 is 0.633 bits per heavy atom. The van der Waals surface area contributed by atoms with Crippen LogP contribution in [0.15, 0.2) is 91.2 Å². The molecular weight excluding hydrogens is 837 g/mol. The fraction of sp³-hybridized carbons (Fsp3) is 0.118. The van der Waals surface area contributed by atoms with Gasteiger partial charge in [-0.1, -0.05) is 0 Å². The molecule has 8 N–H and O–H groups in total. The molecule has 2 heterocycles. The van der Waals surface area contributed by atoms with Crippen molar-refractivity contribution in [1.29, 1.82) is 0 Å². The molecule has 310 valence electrons. The maximum absolute atomic E-state index is 12.9. The number of aromatic amines is 2. The van der Waals surface area contributed by atoms with Crippen LogP contribution in [-0.4, -0.2) is 93.5 Å². The van der Waals surface area contributed by atoms with Crippen molar-refractivity contribution in [3.8, 4) is 11.5 Å². The van der Waals surface area contributed by atoms with E-state index in [4.69, 9.17) is 9.47 Å². The van der Waals surface area contributed by atoms with Crippen molar-refractivity contribution >= 4 is 99.9 Å². The van der Waals surface area contributed by atoms with Crippen LogP contribution in [0.1, 0.15) is 34.6 Å². The molecule has 6 rings (SSSR count). The SMILES string of the molecule is CCOC(=O)c1cn[nH]c1N=Nc1c(S(=O)(=O)O)cc2cc(NC(=O)C(=O)Nc3ccc4c(O)c(N=Nc5[nH]ncc5C(=O)OCC)c(S(=O)(=O)O)cc4c3)ccc2c1O. The van der Waals surface area contributed by atoms with Crippen LogP contribution in [0.5, 0.6) is 11.5 Å². The number of rotatable bonds is 12. The average Bonchev–Trinajstić information content (AvgIpc) is 3.86. The highest BCUT2D eigenvalue weighted by atomic mass is 32.2. The smallest absolute Gasteiger partial charge is 0.343 e. The number of aromatic nitrogens is 4. The van der Waals surface area contributed by atoms with Gasteiger partial charge in [-0.25, -0.2) is 9.59 Å². The molecule has 0 aliphatic carbocycles. The summed E-state index contributed by atoms with van der Waals surface area (Å²) in [4.78, 5) is 48.4. The minimum Gasteiger partial charge on any atom is -0.505 e. The first-order chi connectivity index (χ1) is 28.4. The van der Waals surface area contributed by atoms with Crippen LogP contribution >= 0.6 is 0 Å². The Morgan fingerprint density at radius 2 is 1.02 bits per heavy atom. The number of phenolic OH excluding ortho intramolecular Hbond substituents is 2. The number of azo groups is 2. The van der Waals surface area contributed by atoms with Gasteiger partial charge in [-0.3, -0.25) is 28.9 Å². The first-order valence-corrected chi connectivity index (χ1v) is 19.7. The topological polar surface area (TPSA) is 367 Å². The van der Waals surface area contributed by atoms with E-state index < -0.39 is 76.7 Å². The van der Waals surface area contributed by atoms with Crippen LogP contribution in [0.4, 0.5) is 34.4 Å². The third-order valence-corrected chi connectivity index (χ3v) is 9.84. The Labute approximate surface area is 335 Å². The number of ether oxygens (including phenoxy) is 2. The van der Waals surface area contributed by atoms with Crippen molar-refractivity contribution < 1.29 is 64.8 Å². The Balaban J connectivity index is 1.24. The maximum Gasteiger partial charge on any atom is 0.343 e. The molecule has 0 bridgehead atoms. The Bertz CT molecular complexity index is 2830. The van der Waals surface area contributed by atoms with Crippen molar-refractivity contribution in [2.75, 3.05) is 23.8 Å². The predicted octanol–water partition coefficient (Wildman–Crippen LogP) is 5.11. The number of carbonyl (C=O) groups excluding carboxylic acids is 4. The van der Waals surface area contributed by atoms with Gasteiger partial charge in [-0.2, -0.15) is 27.0 Å². The second-order valence-corrected chi connectivity index (χ2v) is 14.8. The lowest BCUT2D eigenvalue weighted by Gasteiger charge is -2.12. The average molecular weight is 865 g/mol. The number of nitrogens with one attached hydrogen (secondary N) is 4. The molecule has 0 spiro atoms. The molecule has 60 heavy (non-hydrogen) atoms. The molecule has 0 unspecified atom stereocenters. The number of amides is 2. The predicted molar refractivity (Wildman–Crippen MR) is 206 cm³/mol. The molecule has 0 saturated heterocycles. The number of phenols is 2. The van der Waals surface area contributed by atoms with Gasteiger partial charge in [0.15, 0.2) is 23.1 Å². The maximum atomic E-state index is 12.9. The fourth-order valence-corrected chi connectivity index (χ4v) is 6.76. The first kappa shape index (κ1) is 41.9. The van der Waals surface area contributed by atoms with Crippen molar-refractivity contribution in [3.05, 3.63) is 72.1 Å². The number of esters is 2. The molecule has 2 amide bonds. The van der Waals surface area contributed by atoms with Crippen LogP contribution < -0.4 is 10.6 Å². The van der Waals surface area contributed by atoms with E-state index >= 15 is 0 Å². The van der Waals surface area contributed by atoms with Crippen molar-refractivity contribution in [3.63, 3.8) is 0 Å². The summed E-state index contributed by atoms with van der Waals surface area (Å²) in [5, 5.41) is 53.5. The highest BCUT2D eigenvalue weighted by molar-refractivity contribution is 7.86. The number of hydrogen-bond acceptors (Lipinski definition) is 18. The van der Waals surface area contributed by atoms with Crippen LogP contribution in [0.25, 0.3) is 21.5 Å². The Kier molecular flexibility index (Phi) is 11.6. The van der Waals surface area contributed by atoms with Crippen LogP contribution in [-0.2, 0) is 39.3 Å². The Hall–Kier alpha value is -7.68. The molecule has 0 radical (unpaired) electrons. The zero-order chi connectivity index (χ0) is 43.5. The molecule has 24 nitrogen and oxygen atoms in total. The van der Waals surface area contributed by atoms with E-state index in [9.17, 15) is 55.3 Å². The summed E-state index contributed by atoms with van der Waals surface area (Å²) >= 11 is 0. The lowest BCUT2D eigenvalue weighted by atomic mass is 10.1. The number of aromatic hydroxyl groups is 2. The number of nitrogens with zero attached hydrogens (tertiary/aromatic N) is 6. The van der Waals surface area contributed by atoms with Crippen molar-refractivity contribution in [2.24, 2.45) is 20.5 Å². The van der Waals surface area contributed by atoms with Crippen LogP contribution in [0, 0.1) is 0 Å². The molecule has 26 heteroatoms. The van der Waals surface area contributed by atoms with E-state index in [1.54, 1.807) is 13.8 Å². The van der Waals surface area contributed by atoms with Gasteiger partial charge in [0.05, 0.1) is 25.6 Å². The zero-order valence-corrected chi connectivity index (χ0v) is 32.2. The molecule has 0 atom stereocenters. The molecule has 4 aromatic carbocycles. The molecular formula is C34H28N10O14S2. The van der Waals surface area contributed by atoms with Gasteiger partial charge in [0.25, 0.3) is 20.2 Å². The highest BCUT2D eigenvalue weighted by Crippen LogP contribution is 2.43. The van der Waals surface area contributed by atoms with Gasteiger partial charge in [-0.15, -0.1) is 20.5 Å². The first-order valence-electron chi connectivity index (χ1n) is 16.8. The van der Waals surface area contributed by atoms with E-state index in [0.717, 1.165) is 36.7 Å². The summed E-state index contributed by atoms with van der Waals surface area (Å²) in [5.41, 5.74) is -1.89. The summed E-state index contributed by atoms with van der Waals surface area (Å²) in [7, 11) is -10.2. The third-order valence-electron chi connectivity index (χ3n) is 8.11. The van der Waals surface area contributed by atoms with Crippen molar-refractivity contribution in [2.45, 2.75) is 23.6 Å². The van der Waals surface area contributed by atoms with E-state index in [1.165, 1.54) is 24.3 Å². The number of H-pyrrole nitrogens is 2. The van der Waals surface area contributed by atoms with E-state index in [-0.39, 0.29) is 68.9 Å². The quantitative estimate of drug-likeness (QED) is 0.0343. The van der Waals surface area contributed by atoms with Gasteiger partial charge in [-0.05, 0) is 73.2 Å². The minimum absolute atomic E-state index is 0.0285. The monoisotopic (exact) mass is 864 g/mol.